The molecule has 2 unspecified atom stereocenters. The van der Waals surface area contributed by atoms with Crippen molar-refractivity contribution in [2.75, 3.05) is 0 Å². The Morgan fingerprint density at radius 2 is 2.60 bits per heavy atom. The maximum Gasteiger partial charge on any atom is 0.146 e. The normalized spacial score (nSPS) is 24.9. The summed E-state index contributed by atoms with van der Waals surface area (Å²) in [5.41, 5.74) is 0.911. The number of allylic oxidation sites excluding steroid dienone is 2. The highest BCUT2D eigenvalue weighted by Crippen LogP contribution is 2.32. The molecular weight excluding hydrogens is 126 g/mol. The molecule has 0 saturated heterocycles. The van der Waals surface area contributed by atoms with Crippen LogP contribution in [0.2, 0.25) is 0 Å². The van der Waals surface area contributed by atoms with Gasteiger partial charge in [-0.15, -0.1) is 0 Å². The molecular formula is C8H11NO. The lowest BCUT2D eigenvalue weighted by Gasteiger charge is -2.01. The fourth-order valence-electron chi connectivity index (χ4n) is 0.984. The van der Waals surface area contributed by atoms with E-state index in [0.717, 1.165) is 18.3 Å². The van der Waals surface area contributed by atoms with Crippen LogP contribution in [-0.4, -0.2) is 12.5 Å². The summed E-state index contributed by atoms with van der Waals surface area (Å²) in [7, 11) is 0. The fourth-order valence-corrected chi connectivity index (χ4v) is 0.984. The summed E-state index contributed by atoms with van der Waals surface area (Å²) in [6.07, 6.45) is 5.21. The zero-order valence-corrected chi connectivity index (χ0v) is 6.00. The largest absolute Gasteiger partial charge is 0.313 e. The number of rotatable bonds is 4. The van der Waals surface area contributed by atoms with E-state index in [2.05, 4.69) is 0 Å². The van der Waals surface area contributed by atoms with Crippen molar-refractivity contribution in [1.29, 1.82) is 5.41 Å². The Bertz CT molecular complexity index is 184. The van der Waals surface area contributed by atoms with Gasteiger partial charge in [-0.25, -0.2) is 0 Å². The van der Waals surface area contributed by atoms with Crippen molar-refractivity contribution < 1.29 is 4.79 Å². The van der Waals surface area contributed by atoms with Crippen LogP contribution < -0.4 is 0 Å². The second kappa shape index (κ2) is 2.78. The molecule has 0 aliphatic heterocycles. The quantitative estimate of drug-likeness (QED) is 0.462. The third-order valence-corrected chi connectivity index (χ3v) is 1.76. The monoisotopic (exact) mass is 137 g/mol. The number of carbonyl (C=O) groups is 1. The molecule has 1 N–H and O–H groups in total. The van der Waals surface area contributed by atoms with Crippen molar-refractivity contribution in [2.24, 2.45) is 11.8 Å². The van der Waals surface area contributed by atoms with Gasteiger partial charge in [-0.05, 0) is 24.1 Å². The summed E-state index contributed by atoms with van der Waals surface area (Å²) in [4.78, 5) is 10.1. The van der Waals surface area contributed by atoms with Gasteiger partial charge in [0.2, 0.25) is 0 Å². The molecule has 1 rings (SSSR count). The van der Waals surface area contributed by atoms with Gasteiger partial charge in [-0.3, -0.25) is 4.79 Å². The molecule has 0 amide bonds. The average molecular weight is 137 g/mol. The van der Waals surface area contributed by atoms with Crippen LogP contribution in [0.1, 0.15) is 13.3 Å². The molecule has 1 aliphatic rings. The fraction of sp³-hybridized carbons (Fsp3) is 0.500. The van der Waals surface area contributed by atoms with E-state index in [1.165, 1.54) is 6.21 Å². The molecule has 1 aliphatic carbocycles. The molecule has 0 fully saturated rings. The van der Waals surface area contributed by atoms with Gasteiger partial charge < -0.3 is 5.41 Å². The lowest BCUT2D eigenvalue weighted by Crippen LogP contribution is -1.97. The molecule has 2 atom stereocenters. The van der Waals surface area contributed by atoms with Gasteiger partial charge >= 0.3 is 0 Å². The highest BCUT2D eigenvalue weighted by Gasteiger charge is 2.24. The summed E-state index contributed by atoms with van der Waals surface area (Å²) in [6, 6.07) is 0. The van der Waals surface area contributed by atoms with Crippen molar-refractivity contribution in [1.82, 2.24) is 0 Å². The van der Waals surface area contributed by atoms with Gasteiger partial charge in [0.1, 0.15) is 6.29 Å². The SMILES string of the molecule is CC(C=N)CC1C=C1C=O. The lowest BCUT2D eigenvalue weighted by molar-refractivity contribution is -0.104. The van der Waals surface area contributed by atoms with Gasteiger partial charge in [-0.1, -0.05) is 13.0 Å². The molecule has 0 bridgehead atoms. The van der Waals surface area contributed by atoms with E-state index in [4.69, 9.17) is 5.41 Å². The van der Waals surface area contributed by atoms with Crippen LogP contribution in [0.4, 0.5) is 0 Å². The van der Waals surface area contributed by atoms with E-state index in [1.54, 1.807) is 0 Å². The van der Waals surface area contributed by atoms with Crippen LogP contribution in [0, 0.1) is 17.2 Å². The molecule has 0 spiro atoms. The minimum atomic E-state index is 0.304. The van der Waals surface area contributed by atoms with E-state index in [-0.39, 0.29) is 0 Å². The number of hydrogen-bond donors (Lipinski definition) is 1. The highest BCUT2D eigenvalue weighted by atomic mass is 16.1. The summed E-state index contributed by atoms with van der Waals surface area (Å²) < 4.78 is 0. The number of nitrogens with one attached hydrogen (secondary N) is 1. The Labute approximate surface area is 60.4 Å². The Kier molecular flexibility index (Phi) is 2.00. The van der Waals surface area contributed by atoms with Gasteiger partial charge in [0.05, 0.1) is 0 Å². The van der Waals surface area contributed by atoms with Crippen LogP contribution in [0.5, 0.6) is 0 Å². The number of hydrogen-bond acceptors (Lipinski definition) is 2. The van der Waals surface area contributed by atoms with Crippen LogP contribution in [-0.2, 0) is 4.79 Å². The van der Waals surface area contributed by atoms with E-state index in [1.807, 2.05) is 13.0 Å². The number of aldehydes is 1. The first-order valence-electron chi connectivity index (χ1n) is 3.45. The summed E-state index contributed by atoms with van der Waals surface area (Å²) in [6.45, 7) is 1.99. The van der Waals surface area contributed by atoms with Crippen molar-refractivity contribution in [3.05, 3.63) is 11.6 Å². The summed E-state index contributed by atoms with van der Waals surface area (Å²) in [5, 5.41) is 6.92. The molecule has 0 aromatic heterocycles. The standard InChI is InChI=1S/C8H11NO/c1-6(4-9)2-7-3-8(7)5-10/h3-7,9H,2H2,1H3. The van der Waals surface area contributed by atoms with Crippen molar-refractivity contribution in [3.8, 4) is 0 Å². The third-order valence-electron chi connectivity index (χ3n) is 1.76. The third kappa shape index (κ3) is 1.53. The van der Waals surface area contributed by atoms with Gasteiger partial charge in [0, 0.05) is 5.92 Å². The van der Waals surface area contributed by atoms with Crippen LogP contribution >= 0.6 is 0 Å². The first-order chi connectivity index (χ1) is 4.77. The predicted octanol–water partition coefficient (Wildman–Crippen LogP) is 1.42. The topological polar surface area (TPSA) is 40.9 Å². The molecule has 0 aromatic carbocycles. The maximum atomic E-state index is 10.1. The highest BCUT2D eigenvalue weighted by molar-refractivity contribution is 5.81. The zero-order chi connectivity index (χ0) is 7.56. The summed E-state index contributed by atoms with van der Waals surface area (Å²) in [5.74, 6) is 0.688. The zero-order valence-electron chi connectivity index (χ0n) is 6.00. The van der Waals surface area contributed by atoms with Crippen molar-refractivity contribution in [2.45, 2.75) is 13.3 Å². The van der Waals surface area contributed by atoms with E-state index in [9.17, 15) is 4.79 Å². The average Bonchev–Trinajstić information content (AvgIpc) is 2.67. The molecule has 2 nitrogen and oxygen atoms in total. The molecule has 0 heterocycles. The maximum absolute atomic E-state index is 10.1. The van der Waals surface area contributed by atoms with Gasteiger partial charge in [-0.2, -0.15) is 0 Å². The van der Waals surface area contributed by atoms with Gasteiger partial charge in [0.15, 0.2) is 0 Å². The smallest absolute Gasteiger partial charge is 0.146 e. The Morgan fingerprint density at radius 1 is 1.90 bits per heavy atom. The van der Waals surface area contributed by atoms with Gasteiger partial charge in [0.25, 0.3) is 0 Å². The minimum Gasteiger partial charge on any atom is -0.313 e. The Hall–Kier alpha value is -0.920. The molecule has 0 aromatic rings. The number of carbonyl (C=O) groups excluding carboxylic acids is 1. The van der Waals surface area contributed by atoms with Crippen LogP contribution in [0.15, 0.2) is 11.6 Å². The molecule has 2 heteroatoms. The Balaban J connectivity index is 2.19. The molecule has 0 radical (unpaired) electrons. The lowest BCUT2D eigenvalue weighted by atomic mass is 10.0. The second-order valence-corrected chi connectivity index (χ2v) is 2.77. The van der Waals surface area contributed by atoms with Crippen molar-refractivity contribution in [3.63, 3.8) is 0 Å². The first-order valence-corrected chi connectivity index (χ1v) is 3.45. The van der Waals surface area contributed by atoms with Crippen molar-refractivity contribution >= 4 is 12.5 Å². The molecule has 10 heavy (non-hydrogen) atoms. The predicted molar refractivity (Wildman–Crippen MR) is 40.2 cm³/mol. The molecule has 0 saturated carbocycles. The van der Waals surface area contributed by atoms with E-state index < -0.39 is 0 Å². The second-order valence-electron chi connectivity index (χ2n) is 2.77. The minimum absolute atomic E-state index is 0.304. The van der Waals surface area contributed by atoms with Crippen LogP contribution in [0.3, 0.4) is 0 Å². The molecule has 54 valence electrons. The summed E-state index contributed by atoms with van der Waals surface area (Å²) >= 11 is 0. The first kappa shape index (κ1) is 7.19. The van der Waals surface area contributed by atoms with Crippen LogP contribution in [0.25, 0.3) is 0 Å². The van der Waals surface area contributed by atoms with E-state index in [0.29, 0.717) is 11.8 Å². The van der Waals surface area contributed by atoms with E-state index >= 15 is 0 Å². The Morgan fingerprint density at radius 3 is 3.00 bits per heavy atom.